The van der Waals surface area contributed by atoms with Gasteiger partial charge in [-0.05, 0) is 46.3 Å². The second-order valence-corrected chi connectivity index (χ2v) is 7.29. The number of hydrogen-bond acceptors (Lipinski definition) is 6. The summed E-state index contributed by atoms with van der Waals surface area (Å²) in [4.78, 5) is 22.6. The Labute approximate surface area is 142 Å². The first-order valence-electron chi connectivity index (χ1n) is 7.88. The van der Waals surface area contributed by atoms with Crippen molar-refractivity contribution in [2.75, 3.05) is 19.4 Å². The number of amides is 1. The Morgan fingerprint density at radius 1 is 1.43 bits per heavy atom. The summed E-state index contributed by atoms with van der Waals surface area (Å²) in [6.07, 6.45) is 6.34. The zero-order chi connectivity index (χ0) is 16.9. The first-order chi connectivity index (χ1) is 10.9. The number of rotatable bonds is 4. The van der Waals surface area contributed by atoms with Crippen LogP contribution in [0.5, 0.6) is 5.88 Å². The van der Waals surface area contributed by atoms with E-state index in [0.29, 0.717) is 24.2 Å². The highest BCUT2D eigenvalue weighted by atomic mass is 32.2. The third-order valence-electron chi connectivity index (χ3n) is 3.47. The van der Waals surface area contributed by atoms with Crippen molar-refractivity contribution in [2.24, 2.45) is 0 Å². The SMILES string of the molecule is CSc1nccc(OCC2CCCCN2C(=O)OC(C)(C)C)n1. The highest BCUT2D eigenvalue weighted by Crippen LogP contribution is 2.21. The van der Waals surface area contributed by atoms with Gasteiger partial charge in [0.05, 0.1) is 6.04 Å². The molecule has 0 spiro atoms. The van der Waals surface area contributed by atoms with Gasteiger partial charge < -0.3 is 14.4 Å². The van der Waals surface area contributed by atoms with Crippen LogP contribution in [0.4, 0.5) is 4.79 Å². The maximum atomic E-state index is 12.4. The average Bonchev–Trinajstić information content (AvgIpc) is 2.52. The summed E-state index contributed by atoms with van der Waals surface area (Å²) >= 11 is 1.47. The Morgan fingerprint density at radius 2 is 2.22 bits per heavy atom. The molecule has 7 heteroatoms. The fraction of sp³-hybridized carbons (Fsp3) is 0.688. The zero-order valence-electron chi connectivity index (χ0n) is 14.2. The number of thioether (sulfide) groups is 1. The number of carbonyl (C=O) groups excluding carboxylic acids is 1. The van der Waals surface area contributed by atoms with E-state index in [9.17, 15) is 4.79 Å². The molecule has 1 atom stereocenters. The van der Waals surface area contributed by atoms with Crippen molar-refractivity contribution in [3.8, 4) is 5.88 Å². The molecule has 0 aliphatic carbocycles. The molecule has 1 aliphatic rings. The van der Waals surface area contributed by atoms with Crippen molar-refractivity contribution in [2.45, 2.75) is 56.8 Å². The molecule has 1 fully saturated rings. The molecule has 1 aromatic rings. The predicted octanol–water partition coefficient (Wildman–Crippen LogP) is 3.37. The van der Waals surface area contributed by atoms with Gasteiger partial charge in [0.25, 0.3) is 0 Å². The van der Waals surface area contributed by atoms with Gasteiger partial charge >= 0.3 is 6.09 Å². The van der Waals surface area contributed by atoms with E-state index < -0.39 is 5.60 Å². The van der Waals surface area contributed by atoms with Crippen LogP contribution in [0.1, 0.15) is 40.0 Å². The number of likely N-dealkylation sites (tertiary alicyclic amines) is 1. The highest BCUT2D eigenvalue weighted by molar-refractivity contribution is 7.98. The topological polar surface area (TPSA) is 64.5 Å². The molecular weight excluding hydrogens is 314 g/mol. The minimum atomic E-state index is -0.486. The van der Waals surface area contributed by atoms with Crippen LogP contribution in [0.2, 0.25) is 0 Å². The first kappa shape index (κ1) is 17.8. The van der Waals surface area contributed by atoms with Crippen LogP contribution < -0.4 is 4.74 Å². The summed E-state index contributed by atoms with van der Waals surface area (Å²) in [6, 6.07) is 1.76. The molecule has 1 aromatic heterocycles. The van der Waals surface area contributed by atoms with Crippen molar-refractivity contribution in [1.29, 1.82) is 0 Å². The van der Waals surface area contributed by atoms with E-state index in [-0.39, 0.29) is 12.1 Å². The van der Waals surface area contributed by atoms with Gasteiger partial charge in [0.1, 0.15) is 12.2 Å². The molecule has 23 heavy (non-hydrogen) atoms. The van der Waals surface area contributed by atoms with Gasteiger partial charge in [-0.2, -0.15) is 4.98 Å². The molecule has 2 rings (SSSR count). The molecule has 1 unspecified atom stereocenters. The van der Waals surface area contributed by atoms with E-state index in [0.717, 1.165) is 19.3 Å². The third kappa shape index (κ3) is 5.57. The summed E-state index contributed by atoms with van der Waals surface area (Å²) < 4.78 is 11.3. The molecule has 0 radical (unpaired) electrons. The number of carbonyl (C=O) groups is 1. The van der Waals surface area contributed by atoms with Crippen LogP contribution in [0.25, 0.3) is 0 Å². The maximum absolute atomic E-state index is 12.4. The summed E-state index contributed by atoms with van der Waals surface area (Å²) in [5.74, 6) is 0.541. The first-order valence-corrected chi connectivity index (χ1v) is 9.11. The number of nitrogens with zero attached hydrogens (tertiary/aromatic N) is 3. The van der Waals surface area contributed by atoms with Crippen LogP contribution in [0.3, 0.4) is 0 Å². The summed E-state index contributed by atoms with van der Waals surface area (Å²) in [5.41, 5.74) is -0.486. The van der Waals surface area contributed by atoms with E-state index in [1.807, 2.05) is 27.0 Å². The number of piperidine rings is 1. The lowest BCUT2D eigenvalue weighted by Crippen LogP contribution is -2.48. The molecule has 0 saturated carbocycles. The Hall–Kier alpha value is -1.50. The van der Waals surface area contributed by atoms with E-state index in [2.05, 4.69) is 9.97 Å². The van der Waals surface area contributed by atoms with E-state index in [4.69, 9.17) is 9.47 Å². The van der Waals surface area contributed by atoms with E-state index in [1.165, 1.54) is 11.8 Å². The summed E-state index contributed by atoms with van der Waals surface area (Å²) in [5, 5.41) is 0.676. The van der Waals surface area contributed by atoms with Gasteiger partial charge in [0.2, 0.25) is 5.88 Å². The van der Waals surface area contributed by atoms with Gasteiger partial charge in [0.15, 0.2) is 5.16 Å². The largest absolute Gasteiger partial charge is 0.475 e. The average molecular weight is 339 g/mol. The van der Waals surface area contributed by atoms with Gasteiger partial charge in [-0.25, -0.2) is 9.78 Å². The Kier molecular flexibility index (Phi) is 6.10. The Balaban J connectivity index is 1.96. The molecule has 128 valence electrons. The van der Waals surface area contributed by atoms with Crippen LogP contribution in [0, 0.1) is 0 Å². The van der Waals surface area contributed by atoms with Crippen molar-refractivity contribution in [3.05, 3.63) is 12.3 Å². The molecular formula is C16H25N3O3S. The van der Waals surface area contributed by atoms with Crippen molar-refractivity contribution in [1.82, 2.24) is 14.9 Å². The molecule has 2 heterocycles. The molecule has 1 amide bonds. The molecule has 0 N–H and O–H groups in total. The predicted molar refractivity (Wildman–Crippen MR) is 89.9 cm³/mol. The van der Waals surface area contributed by atoms with Crippen LogP contribution >= 0.6 is 11.8 Å². The monoisotopic (exact) mass is 339 g/mol. The minimum absolute atomic E-state index is 0.0197. The molecule has 1 saturated heterocycles. The fourth-order valence-electron chi connectivity index (χ4n) is 2.42. The standard InChI is InChI=1S/C16H25N3O3S/c1-16(2,3)22-15(20)19-10-6-5-7-12(19)11-21-13-8-9-17-14(18-13)23-4/h8-9,12H,5-7,10-11H2,1-4H3. The van der Waals surface area contributed by atoms with Gasteiger partial charge in [-0.3, -0.25) is 0 Å². The highest BCUT2D eigenvalue weighted by Gasteiger charge is 2.30. The summed E-state index contributed by atoms with van der Waals surface area (Å²) in [6.45, 7) is 6.77. The maximum Gasteiger partial charge on any atom is 0.410 e. The van der Waals surface area contributed by atoms with E-state index in [1.54, 1.807) is 17.2 Å². The van der Waals surface area contributed by atoms with Gasteiger partial charge in [0, 0.05) is 18.8 Å². The lowest BCUT2D eigenvalue weighted by Gasteiger charge is -2.36. The normalized spacial score (nSPS) is 18.6. The molecule has 1 aliphatic heterocycles. The smallest absolute Gasteiger partial charge is 0.410 e. The van der Waals surface area contributed by atoms with Gasteiger partial charge in [-0.1, -0.05) is 11.8 Å². The second kappa shape index (κ2) is 7.86. The van der Waals surface area contributed by atoms with E-state index >= 15 is 0 Å². The lowest BCUT2D eigenvalue weighted by atomic mass is 10.0. The number of hydrogen-bond donors (Lipinski definition) is 0. The van der Waals surface area contributed by atoms with Crippen LogP contribution in [-0.4, -0.2) is 52.0 Å². The molecule has 6 nitrogen and oxygen atoms in total. The summed E-state index contributed by atoms with van der Waals surface area (Å²) in [7, 11) is 0. The zero-order valence-corrected chi connectivity index (χ0v) is 15.1. The minimum Gasteiger partial charge on any atom is -0.475 e. The Bertz CT molecular complexity index is 534. The van der Waals surface area contributed by atoms with Crippen molar-refractivity contribution < 1.29 is 14.3 Å². The quantitative estimate of drug-likeness (QED) is 0.619. The lowest BCUT2D eigenvalue weighted by molar-refractivity contribution is 0.00330. The van der Waals surface area contributed by atoms with Gasteiger partial charge in [-0.15, -0.1) is 0 Å². The second-order valence-electron chi connectivity index (χ2n) is 6.52. The van der Waals surface area contributed by atoms with Crippen molar-refractivity contribution >= 4 is 17.9 Å². The number of aromatic nitrogens is 2. The molecule has 0 aromatic carbocycles. The van der Waals surface area contributed by atoms with Crippen LogP contribution in [-0.2, 0) is 4.74 Å². The number of ether oxygens (including phenoxy) is 2. The third-order valence-corrected chi connectivity index (χ3v) is 4.03. The Morgan fingerprint density at radius 3 is 2.91 bits per heavy atom. The van der Waals surface area contributed by atoms with Crippen LogP contribution in [0.15, 0.2) is 17.4 Å². The van der Waals surface area contributed by atoms with Crippen molar-refractivity contribution in [3.63, 3.8) is 0 Å². The molecule has 0 bridgehead atoms. The fourth-order valence-corrected chi connectivity index (χ4v) is 2.77.